The average molecular weight is 517 g/mol. The van der Waals surface area contributed by atoms with Gasteiger partial charge in [0.25, 0.3) is 0 Å². The molecule has 5 aliphatic rings. The second kappa shape index (κ2) is 9.06. The number of fused-ring (bicyclic) bond motifs is 7. The third-order valence-electron chi connectivity index (χ3n) is 13.9. The van der Waals surface area contributed by atoms with Crippen molar-refractivity contribution in [1.29, 1.82) is 0 Å². The minimum absolute atomic E-state index is 0.0542. The normalized spacial score (nSPS) is 52.9. The van der Waals surface area contributed by atoms with E-state index >= 15 is 0 Å². The van der Waals surface area contributed by atoms with Gasteiger partial charge in [-0.25, -0.2) is 0 Å². The molecule has 0 aromatic rings. The van der Waals surface area contributed by atoms with Gasteiger partial charge in [-0.2, -0.15) is 0 Å². The summed E-state index contributed by atoms with van der Waals surface area (Å²) in [6.45, 7) is 16.3. The lowest BCUT2D eigenvalue weighted by atomic mass is 9.32. The van der Waals surface area contributed by atoms with Crippen molar-refractivity contribution >= 4 is 5.97 Å². The molecule has 5 rings (SSSR count). The highest BCUT2D eigenvalue weighted by molar-refractivity contribution is 5.78. The standard InChI is InChI=1S/C32H52O5/c1-20(2)21-9-14-32(27(36)37-18-17-33)16-15-30(5)22(26(21)32)7-8-24-28(3)12-11-25(35)29(4,19-34)23(28)10-13-31(24,30)6/h21-26,33-35H,1,7-19H2,2-6H3/t21-,22?,23+,24?,25-,26?,28-,29-,30+,31+,32-/m0/s1. The van der Waals surface area contributed by atoms with Crippen LogP contribution in [0.25, 0.3) is 0 Å². The van der Waals surface area contributed by atoms with E-state index in [1.165, 1.54) is 5.57 Å². The first-order valence-electron chi connectivity index (χ1n) is 15.1. The summed E-state index contributed by atoms with van der Waals surface area (Å²) < 4.78 is 5.67. The zero-order valence-corrected chi connectivity index (χ0v) is 24.0. The van der Waals surface area contributed by atoms with Crippen molar-refractivity contribution in [3.05, 3.63) is 12.2 Å². The number of ether oxygens (including phenoxy) is 1. The second-order valence-corrected chi connectivity index (χ2v) is 14.9. The largest absolute Gasteiger partial charge is 0.463 e. The van der Waals surface area contributed by atoms with Crippen LogP contribution < -0.4 is 0 Å². The Morgan fingerprint density at radius 1 is 0.892 bits per heavy atom. The Kier molecular flexibility index (Phi) is 6.77. The fraction of sp³-hybridized carbons (Fsp3) is 0.906. The molecule has 37 heavy (non-hydrogen) atoms. The summed E-state index contributed by atoms with van der Waals surface area (Å²) in [7, 11) is 0. The van der Waals surface area contributed by atoms with Crippen LogP contribution in [0.2, 0.25) is 0 Å². The van der Waals surface area contributed by atoms with Crippen LogP contribution in [-0.2, 0) is 9.53 Å². The highest BCUT2D eigenvalue weighted by atomic mass is 16.5. The SMILES string of the molecule is C=C(C)[C@@H]1CC[C@]2(C(=O)OCCO)CC[C@]3(C)C(CCC4[C@@]5(C)CC[C@H](O)[C@@](C)(CO)[C@@H]5CC[C@]43C)C12. The molecule has 0 aromatic heterocycles. The number of carbonyl (C=O) groups is 1. The van der Waals surface area contributed by atoms with E-state index in [9.17, 15) is 20.1 Å². The van der Waals surface area contributed by atoms with E-state index in [4.69, 9.17) is 4.74 Å². The molecule has 5 aliphatic carbocycles. The maximum atomic E-state index is 13.6. The average Bonchev–Trinajstić information content (AvgIpc) is 3.27. The van der Waals surface area contributed by atoms with Crippen LogP contribution in [0, 0.1) is 56.7 Å². The van der Waals surface area contributed by atoms with Gasteiger partial charge in [-0.15, -0.1) is 0 Å². The molecule has 5 saturated carbocycles. The van der Waals surface area contributed by atoms with E-state index in [2.05, 4.69) is 41.2 Å². The zero-order chi connectivity index (χ0) is 27.0. The first kappa shape index (κ1) is 27.6. The smallest absolute Gasteiger partial charge is 0.312 e. The van der Waals surface area contributed by atoms with Gasteiger partial charge in [-0.1, -0.05) is 39.8 Å². The summed E-state index contributed by atoms with van der Waals surface area (Å²) in [5, 5.41) is 30.8. The van der Waals surface area contributed by atoms with Crippen LogP contribution in [0.1, 0.15) is 98.8 Å². The van der Waals surface area contributed by atoms with E-state index < -0.39 is 16.9 Å². The summed E-state index contributed by atoms with van der Waals surface area (Å²) in [6, 6.07) is 0. The number of esters is 1. The van der Waals surface area contributed by atoms with E-state index in [0.717, 1.165) is 64.2 Å². The molecule has 0 heterocycles. The maximum absolute atomic E-state index is 13.6. The van der Waals surface area contributed by atoms with E-state index in [1.807, 2.05) is 0 Å². The summed E-state index contributed by atoms with van der Waals surface area (Å²) in [6.07, 6.45) is 9.63. The first-order valence-corrected chi connectivity index (χ1v) is 15.1. The summed E-state index contributed by atoms with van der Waals surface area (Å²) in [4.78, 5) is 13.6. The highest BCUT2D eigenvalue weighted by Gasteiger charge is 2.72. The van der Waals surface area contributed by atoms with Crippen LogP contribution in [0.15, 0.2) is 12.2 Å². The van der Waals surface area contributed by atoms with Gasteiger partial charge >= 0.3 is 5.97 Å². The van der Waals surface area contributed by atoms with Crippen LogP contribution in [0.3, 0.4) is 0 Å². The fourth-order valence-corrected chi connectivity index (χ4v) is 11.8. The number of carbonyl (C=O) groups excluding carboxylic acids is 1. The Labute approximate surface area is 224 Å². The molecule has 0 amide bonds. The molecular weight excluding hydrogens is 464 g/mol. The van der Waals surface area contributed by atoms with Gasteiger partial charge in [0.05, 0.1) is 24.7 Å². The summed E-state index contributed by atoms with van der Waals surface area (Å²) in [5.74, 6) is 1.86. The van der Waals surface area contributed by atoms with Gasteiger partial charge in [-0.05, 0) is 117 Å². The number of rotatable bonds is 5. The molecule has 11 atom stereocenters. The molecule has 0 aromatic carbocycles. The Bertz CT molecular complexity index is 932. The lowest BCUT2D eigenvalue weighted by molar-refractivity contribution is -0.254. The summed E-state index contributed by atoms with van der Waals surface area (Å²) >= 11 is 0. The zero-order valence-electron chi connectivity index (χ0n) is 24.0. The molecule has 0 saturated heterocycles. The molecular formula is C32H52O5. The van der Waals surface area contributed by atoms with Gasteiger partial charge in [0.1, 0.15) is 6.61 Å². The van der Waals surface area contributed by atoms with E-state index in [1.54, 1.807) is 0 Å². The van der Waals surface area contributed by atoms with Gasteiger partial charge in [-0.3, -0.25) is 4.79 Å². The quantitative estimate of drug-likeness (QED) is 0.331. The third kappa shape index (κ3) is 3.48. The lowest BCUT2D eigenvalue weighted by Gasteiger charge is -2.72. The Balaban J connectivity index is 1.54. The maximum Gasteiger partial charge on any atom is 0.312 e. The minimum atomic E-state index is -0.447. The van der Waals surface area contributed by atoms with Crippen molar-refractivity contribution in [2.45, 2.75) is 105 Å². The molecule has 5 fully saturated rings. The number of allylic oxidation sites excluding steroid dienone is 1. The lowest BCUT2D eigenvalue weighted by Crippen LogP contribution is -2.67. The Morgan fingerprint density at radius 3 is 2.27 bits per heavy atom. The number of aliphatic hydroxyl groups excluding tert-OH is 3. The van der Waals surface area contributed by atoms with Crippen LogP contribution >= 0.6 is 0 Å². The molecule has 210 valence electrons. The molecule has 3 unspecified atom stereocenters. The van der Waals surface area contributed by atoms with Crippen LogP contribution in [0.5, 0.6) is 0 Å². The highest BCUT2D eigenvalue weighted by Crippen LogP contribution is 2.77. The Morgan fingerprint density at radius 2 is 1.62 bits per heavy atom. The van der Waals surface area contributed by atoms with Crippen molar-refractivity contribution < 1.29 is 24.9 Å². The first-order chi connectivity index (χ1) is 17.4. The second-order valence-electron chi connectivity index (χ2n) is 14.9. The van der Waals surface area contributed by atoms with E-state index in [0.29, 0.717) is 23.7 Å². The fourth-order valence-electron chi connectivity index (χ4n) is 11.8. The van der Waals surface area contributed by atoms with Crippen molar-refractivity contribution in [3.63, 3.8) is 0 Å². The van der Waals surface area contributed by atoms with E-state index in [-0.39, 0.29) is 48.0 Å². The molecule has 5 heteroatoms. The monoisotopic (exact) mass is 516 g/mol. The van der Waals surface area contributed by atoms with Crippen molar-refractivity contribution in [2.75, 3.05) is 19.8 Å². The number of hydrogen-bond donors (Lipinski definition) is 3. The van der Waals surface area contributed by atoms with Crippen molar-refractivity contribution in [1.82, 2.24) is 0 Å². The predicted molar refractivity (Wildman–Crippen MR) is 144 cm³/mol. The predicted octanol–water partition coefficient (Wildman–Crippen LogP) is 5.51. The van der Waals surface area contributed by atoms with Gasteiger partial charge in [0, 0.05) is 5.41 Å². The molecule has 5 nitrogen and oxygen atoms in total. The van der Waals surface area contributed by atoms with Gasteiger partial charge in [0.2, 0.25) is 0 Å². The van der Waals surface area contributed by atoms with Crippen molar-refractivity contribution in [2.24, 2.45) is 56.7 Å². The van der Waals surface area contributed by atoms with Crippen LogP contribution in [-0.4, -0.2) is 47.2 Å². The minimum Gasteiger partial charge on any atom is -0.463 e. The Hall–Kier alpha value is -0.910. The molecule has 0 bridgehead atoms. The summed E-state index contributed by atoms with van der Waals surface area (Å²) in [5.41, 5.74) is 0.713. The third-order valence-corrected chi connectivity index (χ3v) is 13.9. The molecule has 0 radical (unpaired) electrons. The van der Waals surface area contributed by atoms with Gasteiger partial charge < -0.3 is 20.1 Å². The molecule has 3 N–H and O–H groups in total. The van der Waals surface area contributed by atoms with Gasteiger partial charge in [0.15, 0.2) is 0 Å². The molecule has 0 spiro atoms. The topological polar surface area (TPSA) is 87.0 Å². The van der Waals surface area contributed by atoms with Crippen LogP contribution in [0.4, 0.5) is 0 Å². The van der Waals surface area contributed by atoms with Crippen molar-refractivity contribution in [3.8, 4) is 0 Å². The molecule has 0 aliphatic heterocycles. The number of hydrogen-bond acceptors (Lipinski definition) is 5. The number of aliphatic hydroxyl groups is 3.